The summed E-state index contributed by atoms with van der Waals surface area (Å²) in [5.41, 5.74) is 0. The van der Waals surface area contributed by atoms with Crippen LogP contribution in [0.4, 0.5) is 5.13 Å². The van der Waals surface area contributed by atoms with Crippen molar-refractivity contribution in [2.24, 2.45) is 0 Å². The number of halogens is 1. The van der Waals surface area contributed by atoms with Crippen LogP contribution >= 0.6 is 22.9 Å². The standard InChI is InChI=1S/C13H18ClN3OS/c1-9-6-16-5-3-2-4-10(16)7-17(9)13-15-12(14)11(8-18)19-13/h8-10H,2-7H2,1H3. The van der Waals surface area contributed by atoms with Crippen LogP contribution in [0.1, 0.15) is 35.9 Å². The van der Waals surface area contributed by atoms with E-state index in [0.717, 1.165) is 24.5 Å². The number of anilines is 1. The summed E-state index contributed by atoms with van der Waals surface area (Å²) in [5.74, 6) is 0. The van der Waals surface area contributed by atoms with Crippen molar-refractivity contribution in [1.82, 2.24) is 9.88 Å². The lowest BCUT2D eigenvalue weighted by Crippen LogP contribution is -2.58. The first kappa shape index (κ1) is 13.3. The lowest BCUT2D eigenvalue weighted by atomic mass is 9.97. The summed E-state index contributed by atoms with van der Waals surface area (Å²) in [4.78, 5) is 20.7. The monoisotopic (exact) mass is 299 g/mol. The third-order valence-corrected chi connectivity index (χ3v) is 5.56. The van der Waals surface area contributed by atoms with Crippen LogP contribution in [-0.4, -0.2) is 47.9 Å². The van der Waals surface area contributed by atoms with Crippen molar-refractivity contribution in [2.75, 3.05) is 24.5 Å². The number of carbonyl (C=O) groups is 1. The molecule has 3 rings (SSSR count). The number of aromatic nitrogens is 1. The average molecular weight is 300 g/mol. The summed E-state index contributed by atoms with van der Waals surface area (Å²) in [6.45, 7) is 5.53. The number of thiazole rings is 1. The second-order valence-corrected chi connectivity index (χ2v) is 6.78. The minimum absolute atomic E-state index is 0.341. The summed E-state index contributed by atoms with van der Waals surface area (Å²) in [5, 5.41) is 1.23. The smallest absolute Gasteiger partial charge is 0.187 e. The van der Waals surface area contributed by atoms with E-state index in [1.165, 1.54) is 37.1 Å². The normalized spacial score (nSPS) is 28.2. The summed E-state index contributed by atoms with van der Waals surface area (Å²) in [6, 6.07) is 1.06. The zero-order chi connectivity index (χ0) is 13.4. The van der Waals surface area contributed by atoms with Crippen molar-refractivity contribution in [3.63, 3.8) is 0 Å². The molecule has 1 aromatic rings. The average Bonchev–Trinajstić information content (AvgIpc) is 2.79. The number of carbonyl (C=O) groups excluding carboxylic acids is 1. The van der Waals surface area contributed by atoms with Crippen molar-refractivity contribution < 1.29 is 4.79 Å². The van der Waals surface area contributed by atoms with Crippen molar-refractivity contribution in [2.45, 2.75) is 38.3 Å². The molecule has 0 bridgehead atoms. The van der Waals surface area contributed by atoms with Gasteiger partial charge in [0.05, 0.1) is 0 Å². The Labute approximate surface area is 122 Å². The molecule has 1 aromatic heterocycles. The van der Waals surface area contributed by atoms with Crippen molar-refractivity contribution in [3.8, 4) is 0 Å². The van der Waals surface area contributed by atoms with Crippen LogP contribution in [0.5, 0.6) is 0 Å². The zero-order valence-electron chi connectivity index (χ0n) is 11.0. The molecule has 2 unspecified atom stereocenters. The molecule has 0 amide bonds. The van der Waals surface area contributed by atoms with Gasteiger partial charge in [0.2, 0.25) is 0 Å². The fourth-order valence-electron chi connectivity index (χ4n) is 3.12. The molecular weight excluding hydrogens is 282 g/mol. The van der Waals surface area contributed by atoms with E-state index < -0.39 is 0 Å². The Morgan fingerprint density at radius 2 is 2.26 bits per heavy atom. The highest BCUT2D eigenvalue weighted by Crippen LogP contribution is 2.33. The van der Waals surface area contributed by atoms with E-state index in [1.807, 2.05) is 0 Å². The Morgan fingerprint density at radius 3 is 3.00 bits per heavy atom. The molecule has 0 spiro atoms. The van der Waals surface area contributed by atoms with Crippen LogP contribution in [0, 0.1) is 0 Å². The molecule has 0 aromatic carbocycles. The number of piperidine rings is 1. The van der Waals surface area contributed by atoms with E-state index in [-0.39, 0.29) is 0 Å². The molecule has 2 aliphatic heterocycles. The Kier molecular flexibility index (Phi) is 3.78. The summed E-state index contributed by atoms with van der Waals surface area (Å²) >= 11 is 7.39. The SMILES string of the molecule is CC1CN2CCCCC2CN1c1nc(Cl)c(C=O)s1. The fraction of sp³-hybridized carbons (Fsp3) is 0.692. The second kappa shape index (κ2) is 5.38. The number of rotatable bonds is 2. The maximum atomic E-state index is 10.9. The zero-order valence-corrected chi connectivity index (χ0v) is 12.6. The molecule has 104 valence electrons. The molecular formula is C13H18ClN3OS. The Balaban J connectivity index is 1.81. The molecule has 0 aliphatic carbocycles. The van der Waals surface area contributed by atoms with Gasteiger partial charge in [-0.05, 0) is 26.3 Å². The lowest BCUT2D eigenvalue weighted by molar-refractivity contribution is 0.112. The van der Waals surface area contributed by atoms with E-state index in [9.17, 15) is 4.79 Å². The fourth-order valence-corrected chi connectivity index (χ4v) is 4.29. The van der Waals surface area contributed by atoms with Crippen LogP contribution in [0.15, 0.2) is 0 Å². The highest BCUT2D eigenvalue weighted by molar-refractivity contribution is 7.17. The number of fused-ring (bicyclic) bond motifs is 1. The summed E-state index contributed by atoms with van der Waals surface area (Å²) in [6.07, 6.45) is 4.71. The molecule has 3 heterocycles. The molecule has 2 saturated heterocycles. The van der Waals surface area contributed by atoms with Gasteiger partial charge in [0, 0.05) is 25.2 Å². The maximum Gasteiger partial charge on any atom is 0.187 e. The number of nitrogens with zero attached hydrogens (tertiary/aromatic N) is 3. The highest BCUT2D eigenvalue weighted by Gasteiger charge is 2.34. The topological polar surface area (TPSA) is 36.4 Å². The lowest BCUT2D eigenvalue weighted by Gasteiger charge is -2.47. The number of hydrogen-bond acceptors (Lipinski definition) is 5. The van der Waals surface area contributed by atoms with Gasteiger partial charge in [-0.1, -0.05) is 29.4 Å². The molecule has 2 aliphatic rings. The van der Waals surface area contributed by atoms with Crippen LogP contribution in [-0.2, 0) is 0 Å². The van der Waals surface area contributed by atoms with Gasteiger partial charge in [0.15, 0.2) is 16.6 Å². The van der Waals surface area contributed by atoms with Crippen LogP contribution in [0.3, 0.4) is 0 Å². The van der Waals surface area contributed by atoms with Gasteiger partial charge >= 0.3 is 0 Å². The second-order valence-electron chi connectivity index (χ2n) is 5.42. The molecule has 0 N–H and O–H groups in total. The quantitative estimate of drug-likeness (QED) is 0.787. The molecule has 4 nitrogen and oxygen atoms in total. The molecule has 2 fully saturated rings. The van der Waals surface area contributed by atoms with Crippen molar-refractivity contribution in [3.05, 3.63) is 10.0 Å². The number of hydrogen-bond donors (Lipinski definition) is 0. The first-order chi connectivity index (χ1) is 9.19. The predicted molar refractivity (Wildman–Crippen MR) is 78.5 cm³/mol. The van der Waals surface area contributed by atoms with E-state index in [2.05, 4.69) is 21.7 Å². The van der Waals surface area contributed by atoms with Gasteiger partial charge in [-0.25, -0.2) is 4.98 Å². The molecule has 0 radical (unpaired) electrons. The van der Waals surface area contributed by atoms with Crippen molar-refractivity contribution in [1.29, 1.82) is 0 Å². The van der Waals surface area contributed by atoms with E-state index in [0.29, 0.717) is 22.1 Å². The van der Waals surface area contributed by atoms with Gasteiger partial charge in [-0.3, -0.25) is 9.69 Å². The molecule has 2 atom stereocenters. The predicted octanol–water partition coefficient (Wildman–Crippen LogP) is 2.67. The Morgan fingerprint density at radius 1 is 1.42 bits per heavy atom. The Hall–Kier alpha value is -0.650. The van der Waals surface area contributed by atoms with Gasteiger partial charge in [0.1, 0.15) is 4.88 Å². The maximum absolute atomic E-state index is 10.9. The first-order valence-corrected chi connectivity index (χ1v) is 8.00. The number of aldehydes is 1. The minimum atomic E-state index is 0.341. The number of piperazine rings is 1. The van der Waals surface area contributed by atoms with E-state index in [1.54, 1.807) is 0 Å². The third kappa shape index (κ3) is 2.51. The Bertz CT molecular complexity index is 478. The van der Waals surface area contributed by atoms with Crippen LogP contribution in [0.2, 0.25) is 5.15 Å². The van der Waals surface area contributed by atoms with Gasteiger partial charge in [-0.15, -0.1) is 0 Å². The van der Waals surface area contributed by atoms with Gasteiger partial charge < -0.3 is 4.90 Å². The molecule has 6 heteroatoms. The van der Waals surface area contributed by atoms with Gasteiger partial charge in [0.25, 0.3) is 0 Å². The minimum Gasteiger partial charge on any atom is -0.342 e. The van der Waals surface area contributed by atoms with E-state index in [4.69, 9.17) is 11.6 Å². The van der Waals surface area contributed by atoms with E-state index >= 15 is 0 Å². The van der Waals surface area contributed by atoms with Crippen molar-refractivity contribution >= 4 is 34.4 Å². The largest absolute Gasteiger partial charge is 0.342 e. The summed E-state index contributed by atoms with van der Waals surface area (Å²) < 4.78 is 0. The highest BCUT2D eigenvalue weighted by atomic mass is 35.5. The summed E-state index contributed by atoms with van der Waals surface area (Å²) in [7, 11) is 0. The van der Waals surface area contributed by atoms with Crippen LogP contribution < -0.4 is 4.90 Å². The third-order valence-electron chi connectivity index (χ3n) is 4.14. The van der Waals surface area contributed by atoms with Crippen LogP contribution in [0.25, 0.3) is 0 Å². The molecule has 0 saturated carbocycles. The first-order valence-electron chi connectivity index (χ1n) is 6.81. The van der Waals surface area contributed by atoms with Gasteiger partial charge in [-0.2, -0.15) is 0 Å². The molecule has 19 heavy (non-hydrogen) atoms.